The minimum absolute atomic E-state index is 0.308. The van der Waals surface area contributed by atoms with Gasteiger partial charge >= 0.3 is 11.9 Å². The van der Waals surface area contributed by atoms with Gasteiger partial charge in [-0.15, -0.1) is 0 Å². The fraction of sp³-hybridized carbons (Fsp3) is 0.459. The third kappa shape index (κ3) is 11.3. The molecule has 5 heteroatoms. The summed E-state index contributed by atoms with van der Waals surface area (Å²) in [6.07, 6.45) is 11.1. The van der Waals surface area contributed by atoms with Crippen LogP contribution in [0.25, 0.3) is 11.1 Å². The molecule has 0 aliphatic heterocycles. The number of esters is 2. The van der Waals surface area contributed by atoms with E-state index in [0.717, 1.165) is 35.6 Å². The van der Waals surface area contributed by atoms with E-state index in [1.165, 1.54) is 44.9 Å². The number of rotatable bonds is 18. The Morgan fingerprint density at radius 3 is 1.71 bits per heavy atom. The van der Waals surface area contributed by atoms with E-state index < -0.39 is 5.97 Å². The zero-order valence-electron chi connectivity index (χ0n) is 25.9. The van der Waals surface area contributed by atoms with E-state index in [2.05, 4.69) is 27.7 Å². The number of unbranched alkanes of at least 4 members (excludes halogenated alkanes) is 5. The average Bonchev–Trinajstić information content (AvgIpc) is 3.03. The van der Waals surface area contributed by atoms with Crippen LogP contribution in [0.5, 0.6) is 11.5 Å². The first kappa shape index (κ1) is 32.9. The summed E-state index contributed by atoms with van der Waals surface area (Å²) >= 11 is 0. The zero-order chi connectivity index (χ0) is 30.2. The maximum atomic E-state index is 12.7. The molecule has 5 nitrogen and oxygen atoms in total. The van der Waals surface area contributed by atoms with Crippen LogP contribution in [0.2, 0.25) is 0 Å². The summed E-state index contributed by atoms with van der Waals surface area (Å²) in [5, 5.41) is 0. The monoisotopic (exact) mass is 572 g/mol. The molecule has 3 aromatic rings. The van der Waals surface area contributed by atoms with Gasteiger partial charge in [0.1, 0.15) is 11.5 Å². The largest absolute Gasteiger partial charge is 0.494 e. The van der Waals surface area contributed by atoms with Crippen molar-refractivity contribution in [3.05, 3.63) is 83.9 Å². The van der Waals surface area contributed by atoms with Crippen LogP contribution in [0.4, 0.5) is 0 Å². The molecule has 0 aliphatic carbocycles. The molecule has 0 N–H and O–H groups in total. The molecule has 3 aromatic carbocycles. The number of carbonyl (C=O) groups is 2. The highest BCUT2D eigenvalue weighted by Gasteiger charge is 2.11. The normalized spacial score (nSPS) is 12.4. The molecule has 0 amide bonds. The summed E-state index contributed by atoms with van der Waals surface area (Å²) in [4.78, 5) is 24.9. The molecule has 0 aromatic heterocycles. The van der Waals surface area contributed by atoms with Crippen LogP contribution in [-0.2, 0) is 4.74 Å². The molecule has 226 valence electrons. The molecule has 0 aliphatic rings. The van der Waals surface area contributed by atoms with Crippen molar-refractivity contribution in [3.8, 4) is 22.6 Å². The van der Waals surface area contributed by atoms with E-state index >= 15 is 0 Å². The zero-order valence-corrected chi connectivity index (χ0v) is 25.9. The first-order valence-electron chi connectivity index (χ1n) is 15.7. The van der Waals surface area contributed by atoms with Crippen molar-refractivity contribution in [1.29, 1.82) is 0 Å². The van der Waals surface area contributed by atoms with Crippen LogP contribution in [0.3, 0.4) is 0 Å². The predicted molar refractivity (Wildman–Crippen MR) is 170 cm³/mol. The minimum atomic E-state index is -0.414. The highest BCUT2D eigenvalue weighted by atomic mass is 16.5. The van der Waals surface area contributed by atoms with Crippen LogP contribution < -0.4 is 9.47 Å². The summed E-state index contributed by atoms with van der Waals surface area (Å²) in [5.74, 6) is 1.71. The maximum Gasteiger partial charge on any atom is 0.343 e. The molecule has 0 saturated carbocycles. The lowest BCUT2D eigenvalue weighted by Gasteiger charge is -2.10. The molecule has 0 bridgehead atoms. The van der Waals surface area contributed by atoms with Crippen molar-refractivity contribution in [2.45, 2.75) is 85.5 Å². The standard InChI is InChI=1S/C37H48O5/c1-5-28(3)13-11-9-7-8-10-12-26-40-34-22-20-33(21-23-34)37(39)42-35-24-18-31(19-25-35)30-14-16-32(17-15-30)36(38)41-27-29(4)6-2/h14-25,28-29H,5-13,26-27H2,1-4H3. The Kier molecular flexibility index (Phi) is 14.1. The summed E-state index contributed by atoms with van der Waals surface area (Å²) in [5.41, 5.74) is 2.92. The van der Waals surface area contributed by atoms with Crippen molar-refractivity contribution in [3.63, 3.8) is 0 Å². The number of hydrogen-bond acceptors (Lipinski definition) is 5. The van der Waals surface area contributed by atoms with Crippen LogP contribution >= 0.6 is 0 Å². The van der Waals surface area contributed by atoms with Crippen LogP contribution in [0.15, 0.2) is 72.8 Å². The lowest BCUT2D eigenvalue weighted by molar-refractivity contribution is 0.0447. The second kappa shape index (κ2) is 18.0. The van der Waals surface area contributed by atoms with E-state index in [9.17, 15) is 9.59 Å². The van der Waals surface area contributed by atoms with Crippen molar-refractivity contribution in [2.24, 2.45) is 11.8 Å². The topological polar surface area (TPSA) is 61.8 Å². The molecule has 42 heavy (non-hydrogen) atoms. The molecule has 2 unspecified atom stereocenters. The van der Waals surface area contributed by atoms with Crippen LogP contribution in [0, 0.1) is 11.8 Å². The molecular formula is C37H48O5. The van der Waals surface area contributed by atoms with Gasteiger partial charge in [0.25, 0.3) is 0 Å². The van der Waals surface area contributed by atoms with Gasteiger partial charge < -0.3 is 14.2 Å². The van der Waals surface area contributed by atoms with Crippen LogP contribution in [0.1, 0.15) is 106 Å². The highest BCUT2D eigenvalue weighted by molar-refractivity contribution is 5.91. The molecule has 2 atom stereocenters. The molecule has 0 fully saturated rings. The van der Waals surface area contributed by atoms with E-state index in [4.69, 9.17) is 14.2 Å². The molecule has 0 spiro atoms. The van der Waals surface area contributed by atoms with Gasteiger partial charge in [0.2, 0.25) is 0 Å². The molecule has 0 saturated heterocycles. The van der Waals surface area contributed by atoms with Gasteiger partial charge in [-0.25, -0.2) is 9.59 Å². The number of hydrogen-bond donors (Lipinski definition) is 0. The summed E-state index contributed by atoms with van der Waals surface area (Å²) in [7, 11) is 0. The molecular weight excluding hydrogens is 524 g/mol. The minimum Gasteiger partial charge on any atom is -0.494 e. The summed E-state index contributed by atoms with van der Waals surface area (Å²) in [6.45, 7) is 9.85. The Bertz CT molecular complexity index is 1200. The van der Waals surface area contributed by atoms with Gasteiger partial charge in [-0.1, -0.05) is 103 Å². The van der Waals surface area contributed by atoms with E-state index in [1.54, 1.807) is 36.4 Å². The first-order valence-corrected chi connectivity index (χ1v) is 15.7. The predicted octanol–water partition coefficient (Wildman–Crippen LogP) is 9.93. The van der Waals surface area contributed by atoms with Crippen molar-refractivity contribution in [1.82, 2.24) is 0 Å². The molecule has 0 heterocycles. The average molecular weight is 573 g/mol. The fourth-order valence-corrected chi connectivity index (χ4v) is 4.48. The lowest BCUT2D eigenvalue weighted by Crippen LogP contribution is -2.11. The van der Waals surface area contributed by atoms with Gasteiger partial charge in [-0.05, 0) is 77.9 Å². The highest BCUT2D eigenvalue weighted by Crippen LogP contribution is 2.24. The number of ether oxygens (including phenoxy) is 3. The SMILES string of the molecule is CCC(C)CCCCCCCCOc1ccc(C(=O)Oc2ccc(-c3ccc(C(=O)OCC(C)CC)cc3)cc2)cc1. The first-order chi connectivity index (χ1) is 20.4. The van der Waals surface area contributed by atoms with E-state index in [-0.39, 0.29) is 5.97 Å². The van der Waals surface area contributed by atoms with Crippen molar-refractivity contribution < 1.29 is 23.8 Å². The van der Waals surface area contributed by atoms with Crippen molar-refractivity contribution in [2.75, 3.05) is 13.2 Å². The van der Waals surface area contributed by atoms with Gasteiger partial charge in [0.15, 0.2) is 0 Å². The molecule has 0 radical (unpaired) electrons. The van der Waals surface area contributed by atoms with Gasteiger partial charge in [-0.3, -0.25) is 0 Å². The fourth-order valence-electron chi connectivity index (χ4n) is 4.48. The Labute approximate surface area is 252 Å². The maximum absolute atomic E-state index is 12.7. The number of benzene rings is 3. The summed E-state index contributed by atoms with van der Waals surface area (Å²) in [6, 6.07) is 21.7. The Morgan fingerprint density at radius 2 is 1.10 bits per heavy atom. The smallest absolute Gasteiger partial charge is 0.343 e. The Balaban J connectivity index is 1.38. The Hall–Kier alpha value is -3.60. The lowest BCUT2D eigenvalue weighted by atomic mass is 10.00. The third-order valence-corrected chi connectivity index (χ3v) is 7.86. The van der Waals surface area contributed by atoms with Gasteiger partial charge in [0, 0.05) is 0 Å². The number of carbonyl (C=O) groups excluding carboxylic acids is 2. The van der Waals surface area contributed by atoms with Gasteiger partial charge in [0.05, 0.1) is 24.3 Å². The third-order valence-electron chi connectivity index (χ3n) is 7.86. The van der Waals surface area contributed by atoms with Crippen LogP contribution in [-0.4, -0.2) is 25.2 Å². The molecule has 3 rings (SSSR count). The second-order valence-corrected chi connectivity index (χ2v) is 11.4. The second-order valence-electron chi connectivity index (χ2n) is 11.4. The summed E-state index contributed by atoms with van der Waals surface area (Å²) < 4.78 is 16.8. The van der Waals surface area contributed by atoms with Gasteiger partial charge in [-0.2, -0.15) is 0 Å². The Morgan fingerprint density at radius 1 is 0.595 bits per heavy atom. The van der Waals surface area contributed by atoms with E-state index in [0.29, 0.717) is 36.0 Å². The van der Waals surface area contributed by atoms with E-state index in [1.807, 2.05) is 36.4 Å². The van der Waals surface area contributed by atoms with Crippen molar-refractivity contribution >= 4 is 11.9 Å². The quantitative estimate of drug-likeness (QED) is 0.0862.